The second-order valence-electron chi connectivity index (χ2n) is 6.09. The van der Waals surface area contributed by atoms with Gasteiger partial charge in [0, 0.05) is 17.0 Å². The Bertz CT molecular complexity index is 970. The molecule has 1 aliphatic heterocycles. The van der Waals surface area contributed by atoms with Crippen molar-refractivity contribution < 1.29 is 9.90 Å². The molecular weight excluding hydrogens is 348 g/mol. The van der Waals surface area contributed by atoms with Crippen LogP contribution in [0.1, 0.15) is 22.0 Å². The van der Waals surface area contributed by atoms with E-state index in [0.717, 1.165) is 26.2 Å². The minimum absolute atomic E-state index is 0.0527. The molecule has 0 saturated carbocycles. The molecule has 1 atom stereocenters. The summed E-state index contributed by atoms with van der Waals surface area (Å²) in [5.41, 5.74) is 2.06. The van der Waals surface area contributed by atoms with Crippen molar-refractivity contribution in [3.63, 3.8) is 0 Å². The van der Waals surface area contributed by atoms with Crippen LogP contribution in [0.3, 0.4) is 0 Å². The van der Waals surface area contributed by atoms with E-state index in [1.165, 1.54) is 12.4 Å². The molecule has 0 spiro atoms. The molecule has 2 aromatic heterocycles. The molecule has 0 radical (unpaired) electrons. The number of amides is 1. The monoisotopic (exact) mass is 366 g/mol. The third-order valence-electron chi connectivity index (χ3n) is 4.54. The molecule has 0 saturated heterocycles. The van der Waals surface area contributed by atoms with Crippen molar-refractivity contribution in [2.45, 2.75) is 19.1 Å². The molecule has 2 N–H and O–H groups in total. The molecule has 132 valence electrons. The molecule has 1 aliphatic rings. The van der Waals surface area contributed by atoms with E-state index in [4.69, 9.17) is 0 Å². The summed E-state index contributed by atoms with van der Waals surface area (Å²) >= 11 is 1.58. The first-order valence-electron chi connectivity index (χ1n) is 8.30. The average molecular weight is 366 g/mol. The van der Waals surface area contributed by atoms with Gasteiger partial charge in [0.2, 0.25) is 5.91 Å². The van der Waals surface area contributed by atoms with E-state index in [1.807, 2.05) is 30.3 Å². The van der Waals surface area contributed by atoms with Crippen LogP contribution in [0, 0.1) is 0 Å². The third kappa shape index (κ3) is 2.85. The van der Waals surface area contributed by atoms with Crippen LogP contribution in [0.25, 0.3) is 10.2 Å². The lowest BCUT2D eigenvalue weighted by Crippen LogP contribution is -2.23. The van der Waals surface area contributed by atoms with Gasteiger partial charge in [-0.2, -0.15) is 0 Å². The number of anilines is 1. The molecule has 0 aliphatic carbocycles. The van der Waals surface area contributed by atoms with Crippen molar-refractivity contribution >= 4 is 33.3 Å². The average Bonchev–Trinajstić information content (AvgIpc) is 3.24. The maximum absolute atomic E-state index is 11.9. The summed E-state index contributed by atoms with van der Waals surface area (Å²) in [6, 6.07) is 9.49. The van der Waals surface area contributed by atoms with Crippen LogP contribution in [0.2, 0.25) is 0 Å². The molecule has 4 rings (SSSR count). The van der Waals surface area contributed by atoms with Crippen molar-refractivity contribution in [3.05, 3.63) is 65.3 Å². The Morgan fingerprint density at radius 2 is 2.15 bits per heavy atom. The number of thiophene rings is 1. The van der Waals surface area contributed by atoms with E-state index < -0.39 is 0 Å². The van der Waals surface area contributed by atoms with Gasteiger partial charge >= 0.3 is 0 Å². The highest BCUT2D eigenvalue weighted by Gasteiger charge is 2.28. The number of aliphatic hydroxyl groups excluding tert-OH is 1. The molecule has 1 amide bonds. The molecule has 3 aromatic rings. The number of carbonyl (C=O) groups is 1. The number of aliphatic hydroxyl groups is 1. The van der Waals surface area contributed by atoms with E-state index in [2.05, 4.69) is 21.9 Å². The van der Waals surface area contributed by atoms with Crippen LogP contribution in [0.15, 0.2) is 49.3 Å². The number of hydrogen-bond acceptors (Lipinski definition) is 6. The van der Waals surface area contributed by atoms with Crippen LogP contribution >= 0.6 is 11.3 Å². The Hall–Kier alpha value is -2.77. The zero-order valence-electron chi connectivity index (χ0n) is 14.1. The Kier molecular flexibility index (Phi) is 4.40. The summed E-state index contributed by atoms with van der Waals surface area (Å²) < 4.78 is 0. The number of carbonyl (C=O) groups excluding carboxylic acids is 1. The summed E-state index contributed by atoms with van der Waals surface area (Å²) in [5, 5.41) is 14.1. The van der Waals surface area contributed by atoms with E-state index >= 15 is 0 Å². The predicted molar refractivity (Wildman–Crippen MR) is 102 cm³/mol. The first-order chi connectivity index (χ1) is 12.7. The molecule has 6 nitrogen and oxygen atoms in total. The van der Waals surface area contributed by atoms with Gasteiger partial charge in [-0.15, -0.1) is 11.3 Å². The number of rotatable bonds is 5. The number of aromatic nitrogens is 2. The van der Waals surface area contributed by atoms with Gasteiger partial charge in [0.1, 0.15) is 17.0 Å². The van der Waals surface area contributed by atoms with Crippen LogP contribution in [0.5, 0.6) is 0 Å². The molecule has 1 aromatic carbocycles. The summed E-state index contributed by atoms with van der Waals surface area (Å²) in [6.07, 6.45) is 2.87. The standard InChI is InChI=1S/C19H18N4O2S/c1-2-16(25)23-8-13-15(9-23)26-19-17(13)18(20-11-21-19)22-14(10-24)12-6-4-3-5-7-12/h2-7,11,14,24H,1,8-10H2,(H,20,21,22). The summed E-state index contributed by atoms with van der Waals surface area (Å²) in [4.78, 5) is 24.5. The fraction of sp³-hybridized carbons (Fsp3) is 0.211. The van der Waals surface area contributed by atoms with Gasteiger partial charge in [-0.25, -0.2) is 9.97 Å². The maximum atomic E-state index is 11.9. The van der Waals surface area contributed by atoms with Crippen molar-refractivity contribution in [1.29, 1.82) is 0 Å². The molecule has 0 fully saturated rings. The number of fused-ring (bicyclic) bond motifs is 3. The summed E-state index contributed by atoms with van der Waals surface area (Å²) in [6.45, 7) is 4.61. The van der Waals surface area contributed by atoms with E-state index in [-0.39, 0.29) is 18.6 Å². The fourth-order valence-electron chi connectivity index (χ4n) is 3.23. The van der Waals surface area contributed by atoms with E-state index in [1.54, 1.807) is 16.2 Å². The first-order valence-corrected chi connectivity index (χ1v) is 9.12. The molecule has 1 unspecified atom stereocenters. The van der Waals surface area contributed by atoms with Crippen molar-refractivity contribution in [2.75, 3.05) is 11.9 Å². The zero-order valence-corrected chi connectivity index (χ0v) is 14.9. The predicted octanol–water partition coefficient (Wildman–Crippen LogP) is 2.87. The van der Waals surface area contributed by atoms with E-state index in [0.29, 0.717) is 18.9 Å². The van der Waals surface area contributed by atoms with Gasteiger partial charge in [0.15, 0.2) is 0 Å². The molecule has 7 heteroatoms. The smallest absolute Gasteiger partial charge is 0.246 e. The Labute approximate surface area is 154 Å². The second kappa shape index (κ2) is 6.86. The van der Waals surface area contributed by atoms with Crippen molar-refractivity contribution in [2.24, 2.45) is 0 Å². The largest absolute Gasteiger partial charge is 0.394 e. The molecular formula is C19H18N4O2S. The topological polar surface area (TPSA) is 78.4 Å². The number of nitrogens with one attached hydrogen (secondary N) is 1. The minimum atomic E-state index is -0.267. The van der Waals surface area contributed by atoms with Gasteiger partial charge < -0.3 is 15.3 Å². The number of benzene rings is 1. The van der Waals surface area contributed by atoms with Gasteiger partial charge in [0.05, 0.1) is 24.6 Å². The lowest BCUT2D eigenvalue weighted by Gasteiger charge is -2.18. The first kappa shape index (κ1) is 16.7. The van der Waals surface area contributed by atoms with Crippen molar-refractivity contribution in [3.8, 4) is 0 Å². The normalized spacial score (nSPS) is 14.3. The quantitative estimate of drug-likeness (QED) is 0.679. The van der Waals surface area contributed by atoms with Crippen LogP contribution in [-0.4, -0.2) is 32.5 Å². The van der Waals surface area contributed by atoms with E-state index in [9.17, 15) is 9.90 Å². The third-order valence-corrected chi connectivity index (χ3v) is 5.66. The van der Waals surface area contributed by atoms with Crippen LogP contribution < -0.4 is 5.32 Å². The van der Waals surface area contributed by atoms with Gasteiger partial charge in [-0.05, 0) is 11.6 Å². The number of hydrogen-bond donors (Lipinski definition) is 2. The summed E-state index contributed by atoms with van der Waals surface area (Å²) in [5.74, 6) is 0.605. The lowest BCUT2D eigenvalue weighted by atomic mass is 10.1. The SMILES string of the molecule is C=CC(=O)N1Cc2sc3ncnc(NC(CO)c4ccccc4)c3c2C1. The molecule has 3 heterocycles. The maximum Gasteiger partial charge on any atom is 0.246 e. The minimum Gasteiger partial charge on any atom is -0.394 e. The Morgan fingerprint density at radius 3 is 2.88 bits per heavy atom. The molecule has 26 heavy (non-hydrogen) atoms. The fourth-order valence-corrected chi connectivity index (χ4v) is 4.40. The Balaban J connectivity index is 1.71. The van der Waals surface area contributed by atoms with Crippen molar-refractivity contribution in [1.82, 2.24) is 14.9 Å². The highest BCUT2D eigenvalue weighted by atomic mass is 32.1. The highest BCUT2D eigenvalue weighted by molar-refractivity contribution is 7.19. The van der Waals surface area contributed by atoms with Gasteiger partial charge in [0.25, 0.3) is 0 Å². The second-order valence-corrected chi connectivity index (χ2v) is 7.18. The van der Waals surface area contributed by atoms with Gasteiger partial charge in [-0.1, -0.05) is 36.9 Å². The number of nitrogens with zero attached hydrogens (tertiary/aromatic N) is 3. The van der Waals surface area contributed by atoms with Crippen LogP contribution in [-0.2, 0) is 17.9 Å². The lowest BCUT2D eigenvalue weighted by molar-refractivity contribution is -0.126. The Morgan fingerprint density at radius 1 is 1.35 bits per heavy atom. The molecule has 0 bridgehead atoms. The summed E-state index contributed by atoms with van der Waals surface area (Å²) in [7, 11) is 0. The highest BCUT2D eigenvalue weighted by Crippen LogP contribution is 2.40. The van der Waals surface area contributed by atoms with Gasteiger partial charge in [-0.3, -0.25) is 4.79 Å². The van der Waals surface area contributed by atoms with Crippen LogP contribution in [0.4, 0.5) is 5.82 Å². The zero-order chi connectivity index (χ0) is 18.1.